The molecule has 0 saturated carbocycles. The standard InChI is InChI=1S/C13H26F3N3/c1-3-5-17-12(4-2)10-18-6-8-19(9-7-18)11-13(14,15)16/h12,17H,3-11H2,1-2H3. The first-order chi connectivity index (χ1) is 8.94. The van der Waals surface area contributed by atoms with E-state index in [9.17, 15) is 13.2 Å². The van der Waals surface area contributed by atoms with E-state index in [0.29, 0.717) is 19.1 Å². The molecule has 1 atom stereocenters. The van der Waals surface area contributed by atoms with E-state index in [2.05, 4.69) is 24.1 Å². The average Bonchev–Trinajstić information content (AvgIpc) is 2.34. The third-order valence-electron chi connectivity index (χ3n) is 3.52. The molecular weight excluding hydrogens is 255 g/mol. The number of hydrogen-bond donors (Lipinski definition) is 1. The highest BCUT2D eigenvalue weighted by Crippen LogP contribution is 2.17. The summed E-state index contributed by atoms with van der Waals surface area (Å²) >= 11 is 0. The van der Waals surface area contributed by atoms with Crippen LogP contribution >= 0.6 is 0 Å². The van der Waals surface area contributed by atoms with Crippen LogP contribution < -0.4 is 5.32 Å². The van der Waals surface area contributed by atoms with Gasteiger partial charge < -0.3 is 5.32 Å². The minimum absolute atomic E-state index is 0.453. The van der Waals surface area contributed by atoms with Crippen LogP contribution in [-0.4, -0.2) is 67.8 Å². The average molecular weight is 281 g/mol. The molecule has 19 heavy (non-hydrogen) atoms. The van der Waals surface area contributed by atoms with Crippen molar-refractivity contribution in [1.82, 2.24) is 15.1 Å². The van der Waals surface area contributed by atoms with Crippen molar-refractivity contribution >= 4 is 0 Å². The predicted molar refractivity (Wildman–Crippen MR) is 71.3 cm³/mol. The lowest BCUT2D eigenvalue weighted by molar-refractivity contribution is -0.149. The summed E-state index contributed by atoms with van der Waals surface area (Å²) < 4.78 is 36.8. The van der Waals surface area contributed by atoms with E-state index in [1.54, 1.807) is 0 Å². The second kappa shape index (κ2) is 8.07. The van der Waals surface area contributed by atoms with Gasteiger partial charge >= 0.3 is 6.18 Å². The lowest BCUT2D eigenvalue weighted by Gasteiger charge is -2.36. The first kappa shape index (κ1) is 16.7. The lowest BCUT2D eigenvalue weighted by Crippen LogP contribution is -2.52. The van der Waals surface area contributed by atoms with Crippen molar-refractivity contribution in [3.8, 4) is 0 Å². The van der Waals surface area contributed by atoms with Crippen LogP contribution in [0.2, 0.25) is 0 Å². The Morgan fingerprint density at radius 2 is 1.63 bits per heavy atom. The zero-order valence-electron chi connectivity index (χ0n) is 12.0. The Kier molecular flexibility index (Phi) is 7.10. The predicted octanol–water partition coefficient (Wildman–Crippen LogP) is 1.94. The molecule has 0 spiro atoms. The maximum Gasteiger partial charge on any atom is 0.401 e. The third-order valence-corrected chi connectivity index (χ3v) is 3.52. The van der Waals surface area contributed by atoms with Crippen molar-refractivity contribution in [3.05, 3.63) is 0 Å². The minimum atomic E-state index is -4.07. The van der Waals surface area contributed by atoms with Gasteiger partial charge in [-0.1, -0.05) is 13.8 Å². The van der Waals surface area contributed by atoms with Gasteiger partial charge in [-0.2, -0.15) is 13.2 Å². The van der Waals surface area contributed by atoms with Crippen molar-refractivity contribution in [2.24, 2.45) is 0 Å². The van der Waals surface area contributed by atoms with Crippen molar-refractivity contribution in [2.45, 2.75) is 38.9 Å². The van der Waals surface area contributed by atoms with E-state index in [4.69, 9.17) is 0 Å². The monoisotopic (exact) mass is 281 g/mol. The van der Waals surface area contributed by atoms with Crippen LogP contribution in [0.15, 0.2) is 0 Å². The van der Waals surface area contributed by atoms with E-state index in [0.717, 1.165) is 39.0 Å². The molecule has 3 nitrogen and oxygen atoms in total. The van der Waals surface area contributed by atoms with Gasteiger partial charge in [0, 0.05) is 38.8 Å². The van der Waals surface area contributed by atoms with Crippen molar-refractivity contribution < 1.29 is 13.2 Å². The molecule has 0 aromatic rings. The maximum absolute atomic E-state index is 12.3. The van der Waals surface area contributed by atoms with Crippen LogP contribution in [0.5, 0.6) is 0 Å². The minimum Gasteiger partial charge on any atom is -0.313 e. The number of rotatable bonds is 7. The van der Waals surface area contributed by atoms with Gasteiger partial charge in [0.1, 0.15) is 0 Å². The van der Waals surface area contributed by atoms with E-state index in [1.807, 2.05) is 0 Å². The van der Waals surface area contributed by atoms with E-state index in [1.165, 1.54) is 4.90 Å². The fourth-order valence-corrected chi connectivity index (χ4v) is 2.38. The fraction of sp³-hybridized carbons (Fsp3) is 1.00. The molecule has 1 fully saturated rings. The summed E-state index contributed by atoms with van der Waals surface area (Å²) in [5.74, 6) is 0. The number of halogens is 3. The summed E-state index contributed by atoms with van der Waals surface area (Å²) in [6.07, 6.45) is -1.91. The highest BCUT2D eigenvalue weighted by atomic mass is 19.4. The first-order valence-corrected chi connectivity index (χ1v) is 7.19. The summed E-state index contributed by atoms with van der Waals surface area (Å²) in [7, 11) is 0. The molecule has 0 radical (unpaired) electrons. The molecule has 6 heteroatoms. The Balaban J connectivity index is 2.25. The van der Waals surface area contributed by atoms with Gasteiger partial charge in [-0.05, 0) is 19.4 Å². The van der Waals surface area contributed by atoms with Crippen molar-refractivity contribution in [3.63, 3.8) is 0 Å². The first-order valence-electron chi connectivity index (χ1n) is 7.19. The zero-order valence-corrected chi connectivity index (χ0v) is 12.0. The summed E-state index contributed by atoms with van der Waals surface area (Å²) in [5.41, 5.74) is 0. The van der Waals surface area contributed by atoms with Crippen LogP contribution in [0.1, 0.15) is 26.7 Å². The molecular formula is C13H26F3N3. The smallest absolute Gasteiger partial charge is 0.313 e. The molecule has 1 N–H and O–H groups in total. The molecule has 0 amide bonds. The van der Waals surface area contributed by atoms with Gasteiger partial charge in [-0.3, -0.25) is 9.80 Å². The van der Waals surface area contributed by atoms with Gasteiger partial charge in [0.05, 0.1) is 6.54 Å². The van der Waals surface area contributed by atoms with E-state index >= 15 is 0 Å². The SMILES string of the molecule is CCCNC(CC)CN1CCN(CC(F)(F)F)CC1. The molecule has 1 unspecified atom stereocenters. The molecule has 1 aliphatic rings. The van der Waals surface area contributed by atoms with Crippen LogP contribution in [0.3, 0.4) is 0 Å². The lowest BCUT2D eigenvalue weighted by atomic mass is 10.2. The topological polar surface area (TPSA) is 18.5 Å². The Morgan fingerprint density at radius 3 is 2.11 bits per heavy atom. The Labute approximate surface area is 114 Å². The molecule has 1 rings (SSSR count). The molecule has 0 bridgehead atoms. The van der Waals surface area contributed by atoms with Gasteiger partial charge in [0.15, 0.2) is 0 Å². The molecule has 0 aromatic carbocycles. The van der Waals surface area contributed by atoms with E-state index < -0.39 is 12.7 Å². The van der Waals surface area contributed by atoms with Gasteiger partial charge in [0.2, 0.25) is 0 Å². The van der Waals surface area contributed by atoms with E-state index in [-0.39, 0.29) is 0 Å². The number of nitrogens with zero attached hydrogens (tertiary/aromatic N) is 2. The summed E-state index contributed by atoms with van der Waals surface area (Å²) in [6, 6.07) is 0.453. The number of nitrogens with one attached hydrogen (secondary N) is 1. The van der Waals surface area contributed by atoms with Gasteiger partial charge in [-0.25, -0.2) is 0 Å². The highest BCUT2D eigenvalue weighted by Gasteiger charge is 2.32. The summed E-state index contributed by atoms with van der Waals surface area (Å²) in [4.78, 5) is 3.76. The number of hydrogen-bond acceptors (Lipinski definition) is 3. The molecule has 0 aliphatic carbocycles. The normalized spacial score (nSPS) is 20.7. The second-order valence-corrected chi connectivity index (χ2v) is 5.25. The third kappa shape index (κ3) is 7.13. The van der Waals surface area contributed by atoms with Gasteiger partial charge in [0.25, 0.3) is 0 Å². The Bertz CT molecular complexity index is 238. The van der Waals surface area contributed by atoms with Crippen LogP contribution in [0.4, 0.5) is 13.2 Å². The van der Waals surface area contributed by atoms with Crippen molar-refractivity contribution in [1.29, 1.82) is 0 Å². The molecule has 114 valence electrons. The van der Waals surface area contributed by atoms with Crippen molar-refractivity contribution in [2.75, 3.05) is 45.8 Å². The maximum atomic E-state index is 12.3. The van der Waals surface area contributed by atoms with Crippen LogP contribution in [0.25, 0.3) is 0 Å². The highest BCUT2D eigenvalue weighted by molar-refractivity contribution is 4.77. The quantitative estimate of drug-likeness (QED) is 0.769. The van der Waals surface area contributed by atoms with Gasteiger partial charge in [-0.15, -0.1) is 0 Å². The molecule has 1 saturated heterocycles. The summed E-state index contributed by atoms with van der Waals surface area (Å²) in [6.45, 7) is 7.96. The molecule has 1 aliphatic heterocycles. The Hall–Kier alpha value is -0.330. The Morgan fingerprint density at radius 1 is 1.05 bits per heavy atom. The molecule has 0 aromatic heterocycles. The van der Waals surface area contributed by atoms with Crippen LogP contribution in [0, 0.1) is 0 Å². The zero-order chi connectivity index (χ0) is 14.3. The number of piperazine rings is 1. The number of alkyl halides is 3. The summed E-state index contributed by atoms with van der Waals surface area (Å²) in [5, 5.41) is 3.48. The van der Waals surface area contributed by atoms with Crippen LogP contribution in [-0.2, 0) is 0 Å². The largest absolute Gasteiger partial charge is 0.401 e. The second-order valence-electron chi connectivity index (χ2n) is 5.25. The molecule has 1 heterocycles. The fourth-order valence-electron chi connectivity index (χ4n) is 2.38.